The fourth-order valence-corrected chi connectivity index (χ4v) is 3.36. The summed E-state index contributed by atoms with van der Waals surface area (Å²) in [6.07, 6.45) is 1.68. The molecule has 0 unspecified atom stereocenters. The standard InChI is InChI=1S/C25H22N2O4/c1-30-21-13-7-5-11-19(21)16-26-24(28)17-27-20-12-6-8-14-22(20)31-23(25(27)29)15-18-9-3-2-4-10-18/h2-15H,16-17H2,1H3,(H,26,28)/b23-15+. The van der Waals surface area contributed by atoms with Crippen molar-refractivity contribution in [2.75, 3.05) is 18.6 Å². The van der Waals surface area contributed by atoms with Crippen LogP contribution < -0.4 is 19.7 Å². The minimum atomic E-state index is -0.366. The van der Waals surface area contributed by atoms with Gasteiger partial charge in [-0.05, 0) is 29.8 Å². The van der Waals surface area contributed by atoms with Gasteiger partial charge >= 0.3 is 0 Å². The number of amides is 2. The van der Waals surface area contributed by atoms with E-state index in [1.54, 1.807) is 31.4 Å². The van der Waals surface area contributed by atoms with Gasteiger partial charge in [0.2, 0.25) is 5.91 Å². The number of methoxy groups -OCH3 is 1. The molecule has 0 fully saturated rings. The number of anilines is 1. The van der Waals surface area contributed by atoms with Crippen molar-refractivity contribution in [3.8, 4) is 11.5 Å². The van der Waals surface area contributed by atoms with Crippen molar-refractivity contribution in [1.29, 1.82) is 0 Å². The summed E-state index contributed by atoms with van der Waals surface area (Å²) in [6.45, 7) is 0.177. The van der Waals surface area contributed by atoms with E-state index >= 15 is 0 Å². The van der Waals surface area contributed by atoms with Crippen LogP contribution in [0.15, 0.2) is 84.6 Å². The zero-order valence-electron chi connectivity index (χ0n) is 17.1. The van der Waals surface area contributed by atoms with Gasteiger partial charge in [-0.3, -0.25) is 14.5 Å². The summed E-state index contributed by atoms with van der Waals surface area (Å²) in [7, 11) is 1.59. The molecule has 0 aliphatic carbocycles. The maximum atomic E-state index is 13.1. The average molecular weight is 414 g/mol. The third-order valence-electron chi connectivity index (χ3n) is 4.90. The van der Waals surface area contributed by atoms with Crippen LogP contribution in [0.2, 0.25) is 0 Å². The molecule has 3 aromatic rings. The maximum Gasteiger partial charge on any atom is 0.294 e. The number of para-hydroxylation sites is 3. The molecule has 31 heavy (non-hydrogen) atoms. The number of benzene rings is 3. The maximum absolute atomic E-state index is 13.1. The molecule has 1 aliphatic heterocycles. The van der Waals surface area contributed by atoms with Crippen molar-refractivity contribution in [2.45, 2.75) is 6.54 Å². The Morgan fingerprint density at radius 3 is 2.52 bits per heavy atom. The smallest absolute Gasteiger partial charge is 0.294 e. The number of carbonyl (C=O) groups excluding carboxylic acids is 2. The normalized spacial score (nSPS) is 14.0. The fourth-order valence-electron chi connectivity index (χ4n) is 3.36. The SMILES string of the molecule is COc1ccccc1CNC(=O)CN1C(=O)/C(=C\c2ccccc2)Oc2ccccc21. The minimum absolute atomic E-state index is 0.125. The summed E-state index contributed by atoms with van der Waals surface area (Å²) in [4.78, 5) is 27.3. The first-order valence-corrected chi connectivity index (χ1v) is 9.90. The van der Waals surface area contributed by atoms with Gasteiger partial charge < -0.3 is 14.8 Å². The van der Waals surface area contributed by atoms with E-state index in [1.807, 2.05) is 60.7 Å². The lowest BCUT2D eigenvalue weighted by molar-refractivity contribution is -0.123. The lowest BCUT2D eigenvalue weighted by atomic mass is 10.1. The summed E-state index contributed by atoms with van der Waals surface area (Å²) in [6, 6.07) is 24.1. The molecule has 0 aromatic heterocycles. The van der Waals surface area contributed by atoms with Crippen molar-refractivity contribution in [2.24, 2.45) is 0 Å². The van der Waals surface area contributed by atoms with Crippen molar-refractivity contribution in [3.05, 3.63) is 95.7 Å². The molecule has 1 heterocycles. The van der Waals surface area contributed by atoms with Crippen molar-refractivity contribution >= 4 is 23.6 Å². The molecule has 156 valence electrons. The quantitative estimate of drug-likeness (QED) is 0.624. The van der Waals surface area contributed by atoms with Crippen LogP contribution in [0.3, 0.4) is 0 Å². The van der Waals surface area contributed by atoms with Gasteiger partial charge in [0, 0.05) is 12.1 Å². The Hall–Kier alpha value is -4.06. The topological polar surface area (TPSA) is 67.9 Å². The highest BCUT2D eigenvalue weighted by Crippen LogP contribution is 2.35. The third-order valence-corrected chi connectivity index (χ3v) is 4.90. The summed E-state index contributed by atoms with van der Waals surface area (Å²) < 4.78 is 11.2. The van der Waals surface area contributed by atoms with E-state index in [9.17, 15) is 9.59 Å². The molecular weight excluding hydrogens is 392 g/mol. The Balaban J connectivity index is 1.54. The monoisotopic (exact) mass is 414 g/mol. The Labute approximate surface area is 180 Å². The fraction of sp³-hybridized carbons (Fsp3) is 0.120. The van der Waals surface area contributed by atoms with Gasteiger partial charge in [-0.15, -0.1) is 0 Å². The van der Waals surface area contributed by atoms with Gasteiger partial charge in [-0.2, -0.15) is 0 Å². The summed E-state index contributed by atoms with van der Waals surface area (Å²) in [5.74, 6) is 0.748. The molecule has 0 radical (unpaired) electrons. The second-order valence-corrected chi connectivity index (χ2v) is 6.97. The molecule has 1 aliphatic rings. The van der Waals surface area contributed by atoms with Crippen LogP contribution in [0.5, 0.6) is 11.5 Å². The molecule has 6 nitrogen and oxygen atoms in total. The first kappa shape index (κ1) is 20.2. The minimum Gasteiger partial charge on any atom is -0.496 e. The predicted octanol–water partition coefficient (Wildman–Crippen LogP) is 3.78. The number of fused-ring (bicyclic) bond motifs is 1. The Bertz CT molecular complexity index is 1130. The number of nitrogens with zero attached hydrogens (tertiary/aromatic N) is 1. The zero-order chi connectivity index (χ0) is 21.6. The van der Waals surface area contributed by atoms with E-state index in [0.717, 1.165) is 11.1 Å². The van der Waals surface area contributed by atoms with E-state index in [1.165, 1.54) is 4.90 Å². The van der Waals surface area contributed by atoms with Gasteiger partial charge in [0.15, 0.2) is 11.5 Å². The molecule has 2 amide bonds. The number of rotatable bonds is 6. The van der Waals surface area contributed by atoms with Crippen LogP contribution in [-0.2, 0) is 16.1 Å². The average Bonchev–Trinajstić information content (AvgIpc) is 2.81. The zero-order valence-corrected chi connectivity index (χ0v) is 17.1. The van der Waals surface area contributed by atoms with Gasteiger partial charge in [-0.25, -0.2) is 0 Å². The number of ether oxygens (including phenoxy) is 2. The molecule has 0 bridgehead atoms. The molecule has 1 N–H and O–H groups in total. The van der Waals surface area contributed by atoms with E-state index < -0.39 is 0 Å². The van der Waals surface area contributed by atoms with E-state index in [4.69, 9.17) is 9.47 Å². The highest BCUT2D eigenvalue weighted by Gasteiger charge is 2.31. The summed E-state index contributed by atoms with van der Waals surface area (Å²) in [5, 5.41) is 2.86. The summed E-state index contributed by atoms with van der Waals surface area (Å²) >= 11 is 0. The largest absolute Gasteiger partial charge is 0.496 e. The molecular formula is C25H22N2O4. The number of hydrogen-bond donors (Lipinski definition) is 1. The van der Waals surface area contributed by atoms with Crippen molar-refractivity contribution < 1.29 is 19.1 Å². The van der Waals surface area contributed by atoms with E-state index in [-0.39, 0.29) is 24.1 Å². The number of nitrogens with one attached hydrogen (secondary N) is 1. The Kier molecular flexibility index (Phi) is 5.98. The molecule has 0 saturated carbocycles. The molecule has 0 spiro atoms. The van der Waals surface area contributed by atoms with Crippen molar-refractivity contribution in [1.82, 2.24) is 5.32 Å². The van der Waals surface area contributed by atoms with Gasteiger partial charge in [0.05, 0.1) is 12.8 Å². The van der Waals surface area contributed by atoms with Crippen LogP contribution in [0.1, 0.15) is 11.1 Å². The highest BCUT2D eigenvalue weighted by atomic mass is 16.5. The Morgan fingerprint density at radius 1 is 1.00 bits per heavy atom. The lowest BCUT2D eigenvalue weighted by Gasteiger charge is -2.30. The summed E-state index contributed by atoms with van der Waals surface area (Å²) in [5.41, 5.74) is 2.26. The van der Waals surface area contributed by atoms with Crippen LogP contribution >= 0.6 is 0 Å². The van der Waals surface area contributed by atoms with Crippen molar-refractivity contribution in [3.63, 3.8) is 0 Å². The second kappa shape index (κ2) is 9.17. The molecule has 3 aromatic carbocycles. The van der Waals surface area contributed by atoms with Crippen LogP contribution in [0, 0.1) is 0 Å². The Morgan fingerprint density at radius 2 is 1.71 bits per heavy atom. The van der Waals surface area contributed by atoms with Crippen LogP contribution in [-0.4, -0.2) is 25.5 Å². The third kappa shape index (κ3) is 4.59. The number of carbonyl (C=O) groups is 2. The molecule has 0 saturated heterocycles. The van der Waals surface area contributed by atoms with E-state index in [2.05, 4.69) is 5.32 Å². The first-order valence-electron chi connectivity index (χ1n) is 9.90. The molecule has 0 atom stereocenters. The molecule has 4 rings (SSSR count). The van der Waals surface area contributed by atoms with Crippen LogP contribution in [0.4, 0.5) is 5.69 Å². The molecule has 6 heteroatoms. The predicted molar refractivity (Wildman–Crippen MR) is 119 cm³/mol. The van der Waals surface area contributed by atoms with Gasteiger partial charge in [0.1, 0.15) is 12.3 Å². The van der Waals surface area contributed by atoms with Gasteiger partial charge in [0.25, 0.3) is 5.91 Å². The second-order valence-electron chi connectivity index (χ2n) is 6.97. The van der Waals surface area contributed by atoms with E-state index in [0.29, 0.717) is 23.7 Å². The first-order chi connectivity index (χ1) is 15.2. The number of hydrogen-bond acceptors (Lipinski definition) is 4. The lowest BCUT2D eigenvalue weighted by Crippen LogP contribution is -2.44. The van der Waals surface area contributed by atoms with Gasteiger partial charge in [-0.1, -0.05) is 60.7 Å². The highest BCUT2D eigenvalue weighted by molar-refractivity contribution is 6.12. The van der Waals surface area contributed by atoms with Crippen LogP contribution in [0.25, 0.3) is 6.08 Å².